The number of methoxy groups -OCH3 is 1. The van der Waals surface area contributed by atoms with Crippen LogP contribution < -0.4 is 35.9 Å². The third-order valence-electron chi connectivity index (χ3n) is 7.39. The molecule has 0 atom stereocenters. The molecule has 0 aliphatic heterocycles. The topological polar surface area (TPSA) is 146 Å². The molecule has 1 heterocycles. The van der Waals surface area contributed by atoms with Gasteiger partial charge in [0.1, 0.15) is 18.3 Å². The van der Waals surface area contributed by atoms with E-state index in [9.17, 15) is 14.0 Å². The number of nitrogens with two attached hydrogens (primary N) is 1. The van der Waals surface area contributed by atoms with Gasteiger partial charge in [0, 0.05) is 35.1 Å². The Kier molecular flexibility index (Phi) is 10.5. The number of carbonyl (C=O) groups is 2. The average molecular weight is 636 g/mol. The van der Waals surface area contributed by atoms with Crippen LogP contribution in [-0.2, 0) is 14.3 Å². The molecular weight excluding hydrogens is 600 g/mol. The minimum absolute atomic E-state index is 0.0103. The largest absolute Gasteiger partial charge is 0.493 e. The maximum Gasteiger partial charge on any atom is 0.232 e. The van der Waals surface area contributed by atoms with Gasteiger partial charge in [0.05, 0.1) is 37.8 Å². The first kappa shape index (κ1) is 32.4. The fraction of sp³-hybridized carbons (Fsp3) is 0.303. The van der Waals surface area contributed by atoms with E-state index in [4.69, 9.17) is 24.7 Å². The van der Waals surface area contributed by atoms with Crippen molar-refractivity contribution in [2.75, 3.05) is 50.8 Å². The van der Waals surface area contributed by atoms with Gasteiger partial charge in [-0.2, -0.15) is 0 Å². The van der Waals surface area contributed by atoms with Gasteiger partial charge < -0.3 is 40.6 Å². The molecule has 0 bridgehead atoms. The number of nitrogens with one attached hydrogen (secondary N) is 3. The first-order valence-corrected chi connectivity index (χ1v) is 14.7. The van der Waals surface area contributed by atoms with Crippen LogP contribution in [-0.4, -0.2) is 56.9 Å². The normalized spacial score (nSPS) is 13.2. The van der Waals surface area contributed by atoms with E-state index < -0.39 is 17.1 Å². The van der Waals surface area contributed by atoms with Gasteiger partial charge in [-0.3, -0.25) is 14.6 Å². The van der Waals surface area contributed by atoms with Crippen molar-refractivity contribution in [3.63, 3.8) is 0 Å². The summed E-state index contributed by atoms with van der Waals surface area (Å²) in [5.74, 6) is -0.245. The number of hydrogen-bond acceptors (Lipinski definition) is 9. The summed E-state index contributed by atoms with van der Waals surface area (Å²) in [5.41, 5.74) is 6.04. The van der Waals surface area contributed by atoms with Crippen LogP contribution in [0.2, 0.25) is 0 Å². The van der Waals surface area contributed by atoms with Gasteiger partial charge in [-0.1, -0.05) is 0 Å². The highest BCUT2D eigenvalue weighted by atomic mass is 19.1. The van der Waals surface area contributed by atoms with Crippen molar-refractivity contribution in [1.29, 1.82) is 0 Å². The van der Waals surface area contributed by atoms with Crippen LogP contribution >= 0.6 is 0 Å². The summed E-state index contributed by atoms with van der Waals surface area (Å²) in [6.45, 7) is 1.28. The number of amides is 2. The Bertz CT molecular complexity index is 1680. The fourth-order valence-electron chi connectivity index (χ4n) is 4.66. The third-order valence-corrected chi connectivity index (χ3v) is 7.39. The number of ether oxygens (including phenoxy) is 4. The molecule has 11 nitrogen and oxygen atoms in total. The number of pyridine rings is 1. The summed E-state index contributed by atoms with van der Waals surface area (Å²) < 4.78 is 51.2. The van der Waals surface area contributed by atoms with Crippen LogP contribution in [0.15, 0.2) is 66.9 Å². The maximum atomic E-state index is 15.1. The predicted molar refractivity (Wildman–Crippen MR) is 168 cm³/mol. The van der Waals surface area contributed by atoms with Gasteiger partial charge >= 0.3 is 0 Å². The predicted octanol–water partition coefficient (Wildman–Crippen LogP) is 4.96. The van der Waals surface area contributed by atoms with Crippen molar-refractivity contribution in [3.8, 4) is 23.0 Å². The Hall–Kier alpha value is -5.01. The van der Waals surface area contributed by atoms with Crippen LogP contribution in [0.4, 0.5) is 20.2 Å². The second-order valence-electron chi connectivity index (χ2n) is 10.8. The van der Waals surface area contributed by atoms with Gasteiger partial charge in [-0.05, 0) is 74.3 Å². The zero-order chi connectivity index (χ0) is 32.5. The molecule has 1 saturated carbocycles. The molecule has 1 aliphatic rings. The minimum Gasteiger partial charge on any atom is -0.493 e. The molecular formula is C33H35F2N5O6. The molecule has 0 spiro atoms. The maximum absolute atomic E-state index is 15.1. The molecule has 1 aliphatic carbocycles. The van der Waals surface area contributed by atoms with Gasteiger partial charge in [-0.15, -0.1) is 0 Å². The van der Waals surface area contributed by atoms with Gasteiger partial charge in [-0.25, -0.2) is 8.78 Å². The molecule has 13 heteroatoms. The van der Waals surface area contributed by atoms with Crippen molar-refractivity contribution >= 4 is 34.1 Å². The van der Waals surface area contributed by atoms with E-state index in [1.165, 1.54) is 43.5 Å². The highest BCUT2D eigenvalue weighted by Crippen LogP contribution is 2.47. The summed E-state index contributed by atoms with van der Waals surface area (Å²) >= 11 is 0. The lowest BCUT2D eigenvalue weighted by molar-refractivity contribution is -0.123. The number of primary amides is 1. The van der Waals surface area contributed by atoms with E-state index in [1.807, 2.05) is 0 Å². The monoisotopic (exact) mass is 635 g/mol. The molecule has 2 amide bonds. The number of rotatable bonds is 17. The summed E-state index contributed by atoms with van der Waals surface area (Å²) in [5, 5.41) is 9.32. The Morgan fingerprint density at radius 3 is 2.46 bits per heavy atom. The van der Waals surface area contributed by atoms with Crippen molar-refractivity contribution in [3.05, 3.63) is 78.5 Å². The van der Waals surface area contributed by atoms with Crippen LogP contribution in [0.25, 0.3) is 10.9 Å². The van der Waals surface area contributed by atoms with Crippen LogP contribution in [0.3, 0.4) is 0 Å². The number of aromatic nitrogens is 1. The Labute approximate surface area is 264 Å². The molecule has 4 aromatic rings. The minimum atomic E-state index is -0.632. The average Bonchev–Trinajstić information content (AvgIpc) is 3.84. The van der Waals surface area contributed by atoms with E-state index in [-0.39, 0.29) is 37.4 Å². The standard InChI is InChI=1S/C33H35F2N5O6/c1-43-29-16-24-26(17-30(29)45-14-2-12-37-18-31(36)41)38-13-9-27(24)46-28-8-7-23(15-25(28)35)39-20-44-19-33(10-11-33)32(42)40-22-5-3-21(34)4-6-22/h3-9,13,15-17,37,39H,2,10-12,14,18-20H2,1H3,(H2,36,41)(H,40,42). The molecule has 242 valence electrons. The highest BCUT2D eigenvalue weighted by Gasteiger charge is 2.50. The summed E-state index contributed by atoms with van der Waals surface area (Å²) in [7, 11) is 1.52. The summed E-state index contributed by atoms with van der Waals surface area (Å²) in [6, 6.07) is 15.1. The van der Waals surface area contributed by atoms with E-state index in [1.54, 1.807) is 30.5 Å². The number of hydrogen-bond donors (Lipinski definition) is 4. The molecule has 1 fully saturated rings. The van der Waals surface area contributed by atoms with Crippen LogP contribution in [0.5, 0.6) is 23.0 Å². The number of carbonyl (C=O) groups excluding carboxylic acids is 2. The smallest absolute Gasteiger partial charge is 0.232 e. The van der Waals surface area contributed by atoms with Gasteiger partial charge in [0.15, 0.2) is 23.1 Å². The Morgan fingerprint density at radius 2 is 1.74 bits per heavy atom. The molecule has 5 rings (SSSR count). The van der Waals surface area contributed by atoms with E-state index >= 15 is 4.39 Å². The van der Waals surface area contributed by atoms with E-state index in [0.717, 1.165) is 0 Å². The van der Waals surface area contributed by atoms with Crippen molar-refractivity contribution < 1.29 is 37.3 Å². The van der Waals surface area contributed by atoms with Gasteiger partial charge in [0.2, 0.25) is 11.8 Å². The number of halogens is 2. The van der Waals surface area contributed by atoms with E-state index in [2.05, 4.69) is 20.9 Å². The molecule has 0 radical (unpaired) electrons. The number of fused-ring (bicyclic) bond motifs is 1. The second-order valence-corrected chi connectivity index (χ2v) is 10.8. The fourth-order valence-corrected chi connectivity index (χ4v) is 4.66. The SMILES string of the molecule is COc1cc2c(Oc3ccc(NCOCC4(C(=O)Nc5ccc(F)cc5)CC4)cc3F)ccnc2cc1OCCCNCC(N)=O. The van der Waals surface area contributed by atoms with Crippen molar-refractivity contribution in [1.82, 2.24) is 10.3 Å². The molecule has 46 heavy (non-hydrogen) atoms. The first-order valence-electron chi connectivity index (χ1n) is 14.7. The lowest BCUT2D eigenvalue weighted by Crippen LogP contribution is -2.29. The highest BCUT2D eigenvalue weighted by molar-refractivity contribution is 5.97. The zero-order valence-corrected chi connectivity index (χ0v) is 25.2. The van der Waals surface area contributed by atoms with Crippen LogP contribution in [0.1, 0.15) is 19.3 Å². The summed E-state index contributed by atoms with van der Waals surface area (Å²) in [4.78, 5) is 27.9. The number of anilines is 2. The molecule has 0 unspecified atom stereocenters. The number of nitrogens with zero attached hydrogens (tertiary/aromatic N) is 1. The molecule has 5 N–H and O–H groups in total. The quantitative estimate of drug-likeness (QED) is 0.0934. The molecule has 1 aromatic heterocycles. The summed E-state index contributed by atoms with van der Waals surface area (Å²) in [6.07, 6.45) is 3.56. The zero-order valence-electron chi connectivity index (χ0n) is 25.2. The van der Waals surface area contributed by atoms with Crippen molar-refractivity contribution in [2.24, 2.45) is 11.1 Å². The van der Waals surface area contributed by atoms with Crippen molar-refractivity contribution in [2.45, 2.75) is 19.3 Å². The Morgan fingerprint density at radius 1 is 0.957 bits per heavy atom. The lowest BCUT2D eigenvalue weighted by atomic mass is 10.1. The van der Waals surface area contributed by atoms with E-state index in [0.29, 0.717) is 71.9 Å². The van der Waals surface area contributed by atoms with Crippen LogP contribution in [0, 0.1) is 17.0 Å². The second kappa shape index (κ2) is 14.8. The first-order chi connectivity index (χ1) is 22.3. The third kappa shape index (κ3) is 8.37. The van der Waals surface area contributed by atoms with Gasteiger partial charge in [0.25, 0.3) is 0 Å². The number of benzene rings is 3. The Balaban J connectivity index is 1.14. The molecule has 3 aromatic carbocycles. The lowest BCUT2D eigenvalue weighted by Gasteiger charge is -2.16. The molecule has 0 saturated heterocycles.